The normalized spacial score (nSPS) is 20.5. The predicted molar refractivity (Wildman–Crippen MR) is 51.0 cm³/mol. The highest BCUT2D eigenvalue weighted by Crippen LogP contribution is 2.13. The summed E-state index contributed by atoms with van der Waals surface area (Å²) in [5.74, 6) is 0. The van der Waals surface area contributed by atoms with Crippen molar-refractivity contribution in [3.8, 4) is 0 Å². The van der Waals surface area contributed by atoms with E-state index in [1.54, 1.807) is 0 Å². The van der Waals surface area contributed by atoms with Crippen LogP contribution in [-0.4, -0.2) is 29.9 Å². The van der Waals surface area contributed by atoms with Crippen molar-refractivity contribution < 1.29 is 4.79 Å². The van der Waals surface area contributed by atoms with E-state index in [4.69, 9.17) is 16.4 Å². The third-order valence-electron chi connectivity index (χ3n) is 1.89. The summed E-state index contributed by atoms with van der Waals surface area (Å²) in [6.07, 6.45) is 4.30. The summed E-state index contributed by atoms with van der Waals surface area (Å²) in [7, 11) is 0. The first-order valence-electron chi connectivity index (χ1n) is 4.26. The summed E-state index contributed by atoms with van der Waals surface area (Å²) < 4.78 is 0. The number of hydrogen-bond acceptors (Lipinski definition) is 2. The topological polar surface area (TPSA) is 46.3 Å². The van der Waals surface area contributed by atoms with Crippen molar-refractivity contribution in [3.63, 3.8) is 0 Å². The number of likely N-dealkylation sites (tertiary alicyclic amines) is 1. The molecule has 0 spiro atoms. The van der Waals surface area contributed by atoms with Crippen LogP contribution in [0.5, 0.6) is 0 Å². The molecule has 12 heavy (non-hydrogen) atoms. The van der Waals surface area contributed by atoms with Gasteiger partial charge in [0, 0.05) is 0 Å². The van der Waals surface area contributed by atoms with E-state index in [1.807, 2.05) is 6.92 Å². The number of rotatable bonds is 1. The van der Waals surface area contributed by atoms with Gasteiger partial charge < -0.3 is 5.73 Å². The van der Waals surface area contributed by atoms with Gasteiger partial charge in [0.15, 0.2) is 0 Å². The quantitative estimate of drug-likeness (QED) is 0.385. The largest absolute Gasteiger partial charge is 0.372 e. The molecular formula is C8H17ClN2O. The Morgan fingerprint density at radius 3 is 2.08 bits per heavy atom. The second kappa shape index (κ2) is 7.37. The van der Waals surface area contributed by atoms with Gasteiger partial charge in [-0.3, -0.25) is 9.69 Å². The Hall–Kier alpha value is -0.280. The van der Waals surface area contributed by atoms with Gasteiger partial charge in [0.05, 0.1) is 5.50 Å². The van der Waals surface area contributed by atoms with E-state index in [2.05, 4.69) is 10.6 Å². The first kappa shape index (κ1) is 11.7. The van der Waals surface area contributed by atoms with Crippen LogP contribution in [-0.2, 0) is 4.79 Å². The van der Waals surface area contributed by atoms with E-state index in [9.17, 15) is 0 Å². The van der Waals surface area contributed by atoms with E-state index >= 15 is 0 Å². The SMILES string of the molecule is CC(Cl)N1CCCCC1.NC=O. The minimum Gasteiger partial charge on any atom is -0.372 e. The maximum Gasteiger partial charge on any atom is 0.204 e. The van der Waals surface area contributed by atoms with Gasteiger partial charge in [-0.1, -0.05) is 6.42 Å². The van der Waals surface area contributed by atoms with Crippen LogP contribution in [0.1, 0.15) is 26.2 Å². The molecule has 4 heteroatoms. The van der Waals surface area contributed by atoms with Crippen molar-refractivity contribution in [2.45, 2.75) is 31.7 Å². The van der Waals surface area contributed by atoms with Crippen LogP contribution in [0.2, 0.25) is 0 Å². The van der Waals surface area contributed by atoms with Crippen molar-refractivity contribution in [3.05, 3.63) is 0 Å². The average molecular weight is 193 g/mol. The van der Waals surface area contributed by atoms with Gasteiger partial charge >= 0.3 is 0 Å². The molecule has 1 fully saturated rings. The lowest BCUT2D eigenvalue weighted by Gasteiger charge is -2.28. The molecule has 0 radical (unpaired) electrons. The molecule has 0 aromatic carbocycles. The van der Waals surface area contributed by atoms with Gasteiger partial charge in [-0.05, 0) is 32.9 Å². The standard InChI is InChI=1S/C7H14ClN.CH3NO/c1-7(8)9-5-3-2-4-6-9;2-1-3/h7H,2-6H2,1H3;1H,(H2,2,3). The number of hydrogen-bond donors (Lipinski definition) is 1. The number of halogens is 1. The van der Waals surface area contributed by atoms with Crippen LogP contribution >= 0.6 is 11.6 Å². The lowest BCUT2D eigenvalue weighted by molar-refractivity contribution is -0.106. The summed E-state index contributed by atoms with van der Waals surface area (Å²) in [6.45, 7) is 4.45. The molecule has 1 atom stereocenters. The molecule has 0 saturated carbocycles. The second-order valence-corrected chi connectivity index (χ2v) is 3.44. The molecule has 1 rings (SSSR count). The number of carbonyl (C=O) groups excluding carboxylic acids is 1. The zero-order chi connectivity index (χ0) is 9.40. The molecule has 1 unspecified atom stereocenters. The smallest absolute Gasteiger partial charge is 0.204 e. The van der Waals surface area contributed by atoms with Crippen molar-refractivity contribution in [1.29, 1.82) is 0 Å². The van der Waals surface area contributed by atoms with Crippen LogP contribution in [0.25, 0.3) is 0 Å². The zero-order valence-electron chi connectivity index (χ0n) is 7.50. The number of piperidine rings is 1. The van der Waals surface area contributed by atoms with E-state index < -0.39 is 0 Å². The number of alkyl halides is 1. The van der Waals surface area contributed by atoms with Crippen molar-refractivity contribution in [1.82, 2.24) is 4.90 Å². The minimum atomic E-state index is 0.241. The molecule has 0 aromatic rings. The van der Waals surface area contributed by atoms with Gasteiger partial charge in [0.2, 0.25) is 6.41 Å². The Labute approximate surface area is 78.9 Å². The lowest BCUT2D eigenvalue weighted by atomic mass is 10.1. The molecule has 1 saturated heterocycles. The van der Waals surface area contributed by atoms with Gasteiger partial charge in [-0.15, -0.1) is 11.6 Å². The average Bonchev–Trinajstić information content (AvgIpc) is 2.07. The van der Waals surface area contributed by atoms with Crippen LogP contribution in [0.15, 0.2) is 0 Å². The number of nitrogens with two attached hydrogens (primary N) is 1. The first-order valence-corrected chi connectivity index (χ1v) is 4.69. The highest BCUT2D eigenvalue weighted by molar-refractivity contribution is 6.20. The Morgan fingerprint density at radius 2 is 1.83 bits per heavy atom. The van der Waals surface area contributed by atoms with Crippen LogP contribution in [0.4, 0.5) is 0 Å². The number of primary amides is 1. The summed E-state index contributed by atoms with van der Waals surface area (Å²) in [4.78, 5) is 10.9. The van der Waals surface area contributed by atoms with Crippen LogP contribution in [0, 0.1) is 0 Å². The predicted octanol–water partition coefficient (Wildman–Crippen LogP) is 1.16. The maximum absolute atomic E-state index is 8.58. The highest BCUT2D eigenvalue weighted by Gasteiger charge is 2.13. The number of amides is 1. The third-order valence-corrected chi connectivity index (χ3v) is 2.17. The fourth-order valence-electron chi connectivity index (χ4n) is 1.27. The summed E-state index contributed by atoms with van der Waals surface area (Å²) in [5.41, 5.74) is 4.41. The molecule has 0 bridgehead atoms. The monoisotopic (exact) mass is 192 g/mol. The second-order valence-electron chi connectivity index (χ2n) is 2.81. The lowest BCUT2D eigenvalue weighted by Crippen LogP contribution is -2.34. The third kappa shape index (κ3) is 5.38. The molecule has 0 aliphatic carbocycles. The van der Waals surface area contributed by atoms with Crippen molar-refractivity contribution in [2.75, 3.05) is 13.1 Å². The summed E-state index contributed by atoms with van der Waals surface area (Å²) in [5, 5.41) is 0. The van der Waals surface area contributed by atoms with Crippen molar-refractivity contribution in [2.24, 2.45) is 5.73 Å². The Bertz CT molecular complexity index is 114. The molecule has 1 amide bonds. The Balaban J connectivity index is 0.000000354. The Kier molecular flexibility index (Phi) is 7.20. The number of nitrogens with zero attached hydrogens (tertiary/aromatic N) is 1. The number of carbonyl (C=O) groups is 1. The Morgan fingerprint density at radius 1 is 1.42 bits per heavy atom. The van der Waals surface area contributed by atoms with E-state index in [-0.39, 0.29) is 11.9 Å². The fourth-order valence-corrected chi connectivity index (χ4v) is 1.47. The molecule has 0 aromatic heterocycles. The van der Waals surface area contributed by atoms with E-state index in [0.717, 1.165) is 0 Å². The van der Waals surface area contributed by atoms with Gasteiger partial charge in [-0.25, -0.2) is 0 Å². The first-order chi connectivity index (χ1) is 5.72. The van der Waals surface area contributed by atoms with Crippen LogP contribution < -0.4 is 5.73 Å². The summed E-state index contributed by atoms with van der Waals surface area (Å²) >= 11 is 5.88. The molecule has 72 valence electrons. The minimum absolute atomic E-state index is 0.241. The maximum atomic E-state index is 8.58. The van der Waals surface area contributed by atoms with Crippen molar-refractivity contribution >= 4 is 18.0 Å². The molecular weight excluding hydrogens is 176 g/mol. The fraction of sp³-hybridized carbons (Fsp3) is 0.875. The zero-order valence-corrected chi connectivity index (χ0v) is 8.26. The van der Waals surface area contributed by atoms with Gasteiger partial charge in [0.25, 0.3) is 0 Å². The highest BCUT2D eigenvalue weighted by atomic mass is 35.5. The van der Waals surface area contributed by atoms with E-state index in [0.29, 0.717) is 0 Å². The molecule has 1 aliphatic rings. The van der Waals surface area contributed by atoms with Crippen LogP contribution in [0.3, 0.4) is 0 Å². The van der Waals surface area contributed by atoms with Gasteiger partial charge in [-0.2, -0.15) is 0 Å². The van der Waals surface area contributed by atoms with E-state index in [1.165, 1.54) is 32.4 Å². The molecule has 1 aliphatic heterocycles. The molecule has 2 N–H and O–H groups in total. The molecule has 1 heterocycles. The molecule has 3 nitrogen and oxygen atoms in total. The van der Waals surface area contributed by atoms with Gasteiger partial charge in [0.1, 0.15) is 0 Å². The summed E-state index contributed by atoms with van der Waals surface area (Å²) in [6, 6.07) is 0.